The van der Waals surface area contributed by atoms with Gasteiger partial charge in [0.05, 0.1) is 10.1 Å². The predicted octanol–water partition coefficient (Wildman–Crippen LogP) is 3.90. The van der Waals surface area contributed by atoms with E-state index in [1.54, 1.807) is 0 Å². The maximum atomic E-state index is 8.59. The molecule has 1 heterocycles. The van der Waals surface area contributed by atoms with Crippen LogP contribution in [-0.2, 0) is 0 Å². The van der Waals surface area contributed by atoms with Crippen LogP contribution in [0.15, 0.2) is 18.2 Å². The molecule has 3 nitrogen and oxygen atoms in total. The van der Waals surface area contributed by atoms with Gasteiger partial charge >= 0.3 is 5.13 Å². The van der Waals surface area contributed by atoms with Crippen LogP contribution in [0, 0.1) is 5.39 Å². The normalized spacial score (nSPS) is 10.7. The molecule has 2 aromatic rings. The first-order chi connectivity index (χ1) is 6.70. The zero-order valence-electron chi connectivity index (χ0n) is 8.06. The minimum atomic E-state index is 0.418. The number of nitrogens with zero attached hydrogens (tertiary/aromatic N) is 3. The largest absolute Gasteiger partial charge is 0.524 e. The Morgan fingerprint density at radius 2 is 2.21 bits per heavy atom. The van der Waals surface area contributed by atoms with Gasteiger partial charge in [0.25, 0.3) is 0 Å². The zero-order chi connectivity index (χ0) is 10.1. The Balaban J connectivity index is 2.61. The highest BCUT2D eigenvalue weighted by atomic mass is 32.1. The van der Waals surface area contributed by atoms with Gasteiger partial charge in [0.1, 0.15) is 0 Å². The number of benzene rings is 1. The van der Waals surface area contributed by atoms with E-state index in [9.17, 15) is 0 Å². The smallest absolute Gasteiger partial charge is 0.0587 e. The van der Waals surface area contributed by atoms with Crippen LogP contribution in [0.4, 0.5) is 5.13 Å². The van der Waals surface area contributed by atoms with Crippen molar-refractivity contribution in [2.75, 3.05) is 0 Å². The van der Waals surface area contributed by atoms with Crippen LogP contribution >= 0.6 is 11.3 Å². The Labute approximate surface area is 86.0 Å². The summed E-state index contributed by atoms with van der Waals surface area (Å²) >= 11 is 1.40. The Kier molecular flexibility index (Phi) is 2.18. The van der Waals surface area contributed by atoms with Gasteiger partial charge in [0, 0.05) is 4.98 Å². The Morgan fingerprint density at radius 1 is 1.43 bits per heavy atom. The summed E-state index contributed by atoms with van der Waals surface area (Å²) in [7, 11) is 0. The number of diazo groups is 1. The zero-order valence-corrected chi connectivity index (χ0v) is 8.88. The highest BCUT2D eigenvalue weighted by Gasteiger charge is 2.15. The fourth-order valence-corrected chi connectivity index (χ4v) is 2.13. The molecule has 0 unspecified atom stereocenters. The molecule has 1 aromatic carbocycles. The Morgan fingerprint density at radius 3 is 2.86 bits per heavy atom. The monoisotopic (exact) mass is 204 g/mol. The number of fused-ring (bicyclic) bond motifs is 1. The molecule has 0 atom stereocenters. The van der Waals surface area contributed by atoms with E-state index in [4.69, 9.17) is 5.39 Å². The molecule has 0 spiro atoms. The van der Waals surface area contributed by atoms with Crippen molar-refractivity contribution in [3.8, 4) is 0 Å². The van der Waals surface area contributed by atoms with Gasteiger partial charge in [-0.3, -0.25) is 0 Å². The lowest BCUT2D eigenvalue weighted by atomic mass is 10.0. The van der Waals surface area contributed by atoms with Gasteiger partial charge in [0.15, 0.2) is 5.52 Å². The molecule has 0 aliphatic heterocycles. The second-order valence-corrected chi connectivity index (χ2v) is 4.49. The van der Waals surface area contributed by atoms with Crippen molar-refractivity contribution in [1.82, 2.24) is 4.98 Å². The molecule has 0 aliphatic rings. The first-order valence-corrected chi connectivity index (χ1v) is 5.28. The summed E-state index contributed by atoms with van der Waals surface area (Å²) in [6.45, 7) is 4.30. The average Bonchev–Trinajstić information content (AvgIpc) is 2.58. The second kappa shape index (κ2) is 3.35. The highest BCUT2D eigenvalue weighted by molar-refractivity contribution is 7.22. The van der Waals surface area contributed by atoms with Crippen LogP contribution in [0.1, 0.15) is 25.3 Å². The third kappa shape index (κ3) is 1.47. The molecule has 4 heteroatoms. The van der Waals surface area contributed by atoms with Crippen LogP contribution in [0.25, 0.3) is 15.2 Å². The van der Waals surface area contributed by atoms with E-state index >= 15 is 0 Å². The van der Waals surface area contributed by atoms with Crippen molar-refractivity contribution in [1.29, 1.82) is 5.39 Å². The van der Waals surface area contributed by atoms with E-state index in [1.165, 1.54) is 16.9 Å². The van der Waals surface area contributed by atoms with E-state index in [0.717, 1.165) is 10.2 Å². The van der Waals surface area contributed by atoms with E-state index in [0.29, 0.717) is 11.0 Å². The molecule has 0 fully saturated rings. The van der Waals surface area contributed by atoms with Crippen molar-refractivity contribution in [3.63, 3.8) is 0 Å². The van der Waals surface area contributed by atoms with Crippen molar-refractivity contribution in [3.05, 3.63) is 28.7 Å². The van der Waals surface area contributed by atoms with Crippen LogP contribution in [-0.4, -0.2) is 4.98 Å². The topological polar surface area (TPSA) is 41.0 Å². The van der Waals surface area contributed by atoms with Gasteiger partial charge in [-0.1, -0.05) is 19.9 Å². The van der Waals surface area contributed by atoms with E-state index in [-0.39, 0.29) is 0 Å². The fourth-order valence-electron chi connectivity index (χ4n) is 1.33. The molecular formula is C10H10N3S+. The standard InChI is InChI=1S/C10H10N3S/c1-6(2)7-3-4-8-9(5-7)14-10(12-8)13-11/h3-6H,1-2H3/q+1. The SMILES string of the molecule is CC(C)c1ccc2nc([N+]#N)sc2c1. The average molecular weight is 204 g/mol. The van der Waals surface area contributed by atoms with Gasteiger partial charge in [-0.15, -0.1) is 0 Å². The summed E-state index contributed by atoms with van der Waals surface area (Å²) in [6.07, 6.45) is 0. The summed E-state index contributed by atoms with van der Waals surface area (Å²) in [4.78, 5) is 7.22. The number of thiazole rings is 1. The second-order valence-electron chi connectivity index (χ2n) is 3.48. The fraction of sp³-hybridized carbons (Fsp3) is 0.300. The lowest BCUT2D eigenvalue weighted by molar-refractivity contribution is 0.869. The molecule has 0 bridgehead atoms. The number of aromatic nitrogens is 1. The predicted molar refractivity (Wildman–Crippen MR) is 58.5 cm³/mol. The summed E-state index contributed by atoms with van der Waals surface area (Å²) in [5.41, 5.74) is 2.18. The first-order valence-electron chi connectivity index (χ1n) is 4.46. The third-order valence-electron chi connectivity index (χ3n) is 2.15. The first kappa shape index (κ1) is 9.10. The summed E-state index contributed by atoms with van der Waals surface area (Å²) < 4.78 is 1.07. The van der Waals surface area contributed by atoms with Gasteiger partial charge < -0.3 is 0 Å². The molecule has 1 aromatic heterocycles. The Hall–Kier alpha value is -1.47. The molecule has 0 radical (unpaired) electrons. The van der Waals surface area contributed by atoms with Gasteiger partial charge in [0.2, 0.25) is 0 Å². The van der Waals surface area contributed by atoms with Gasteiger partial charge in [-0.05, 0) is 39.9 Å². The molecule has 2 rings (SSSR count). The van der Waals surface area contributed by atoms with Gasteiger partial charge in [-0.2, -0.15) is 0 Å². The van der Waals surface area contributed by atoms with Crippen molar-refractivity contribution >= 4 is 26.7 Å². The molecule has 14 heavy (non-hydrogen) atoms. The Bertz CT molecular complexity index is 508. The molecule has 0 saturated carbocycles. The molecule has 0 amide bonds. The van der Waals surface area contributed by atoms with E-state index in [2.05, 4.69) is 35.9 Å². The number of hydrogen-bond donors (Lipinski definition) is 0. The molecule has 0 saturated heterocycles. The van der Waals surface area contributed by atoms with E-state index in [1.807, 2.05) is 6.07 Å². The minimum absolute atomic E-state index is 0.418. The molecule has 0 aliphatic carbocycles. The van der Waals surface area contributed by atoms with Crippen molar-refractivity contribution in [2.24, 2.45) is 0 Å². The number of hydrogen-bond acceptors (Lipinski definition) is 3. The van der Waals surface area contributed by atoms with Crippen molar-refractivity contribution < 1.29 is 0 Å². The van der Waals surface area contributed by atoms with Crippen LogP contribution in [0.3, 0.4) is 0 Å². The molecule has 0 N–H and O–H groups in total. The summed E-state index contributed by atoms with van der Waals surface area (Å²) in [5, 5.41) is 9.01. The van der Waals surface area contributed by atoms with Crippen LogP contribution in [0.5, 0.6) is 0 Å². The maximum absolute atomic E-state index is 8.59. The van der Waals surface area contributed by atoms with Gasteiger partial charge in [-0.25, -0.2) is 0 Å². The van der Waals surface area contributed by atoms with Crippen LogP contribution < -0.4 is 0 Å². The molecule has 70 valence electrons. The summed E-state index contributed by atoms with van der Waals surface area (Å²) in [6, 6.07) is 6.13. The van der Waals surface area contributed by atoms with E-state index < -0.39 is 0 Å². The number of rotatable bonds is 1. The highest BCUT2D eigenvalue weighted by Crippen LogP contribution is 2.30. The van der Waals surface area contributed by atoms with Crippen molar-refractivity contribution in [2.45, 2.75) is 19.8 Å². The third-order valence-corrected chi connectivity index (χ3v) is 3.06. The maximum Gasteiger partial charge on any atom is 0.524 e. The quantitative estimate of drug-likeness (QED) is 0.661. The molecular weight excluding hydrogens is 194 g/mol. The summed E-state index contributed by atoms with van der Waals surface area (Å²) in [5.74, 6) is 0.510. The lowest BCUT2D eigenvalue weighted by Crippen LogP contribution is -1.84. The van der Waals surface area contributed by atoms with Crippen LogP contribution in [0.2, 0.25) is 0 Å². The lowest BCUT2D eigenvalue weighted by Gasteiger charge is -2.02. The minimum Gasteiger partial charge on any atom is -0.0587 e.